The first kappa shape index (κ1) is 32.6. The van der Waals surface area contributed by atoms with Crippen LogP contribution in [0.15, 0.2) is 30.6 Å². The molecule has 3 saturated carbocycles. The number of unbranched alkanes of at least 4 members (excludes halogenated alkanes) is 2. The predicted molar refractivity (Wildman–Crippen MR) is 168 cm³/mol. The lowest BCUT2D eigenvalue weighted by Gasteiger charge is -2.24. The van der Waals surface area contributed by atoms with Crippen LogP contribution in [0.1, 0.15) is 56.9 Å². The molecule has 3 aliphatic rings. The van der Waals surface area contributed by atoms with Crippen LogP contribution in [0.25, 0.3) is 10.9 Å². The van der Waals surface area contributed by atoms with Gasteiger partial charge in [0.05, 0.1) is 35.1 Å². The van der Waals surface area contributed by atoms with Gasteiger partial charge in [0, 0.05) is 32.1 Å². The Balaban J connectivity index is 1.09. The third-order valence-electron chi connectivity index (χ3n) is 9.15. The number of sulfonamides is 1. The van der Waals surface area contributed by atoms with Crippen LogP contribution < -0.4 is 19.5 Å². The normalized spacial score (nSPS) is 24.4. The number of aromatic nitrogens is 2. The third-order valence-corrected chi connectivity index (χ3v) is 11.0. The Morgan fingerprint density at radius 3 is 2.51 bits per heavy atom. The highest BCUT2D eigenvalue weighted by molar-refractivity contribution is 7.90. The second kappa shape index (κ2) is 13.7. The fourth-order valence-corrected chi connectivity index (χ4v) is 7.57. The number of rotatable bonds is 14. The lowest BCUT2D eigenvalue weighted by Crippen LogP contribution is -2.40. The largest absolute Gasteiger partial charge is 0.496 e. The number of nitrogens with one attached hydrogen (secondary N) is 2. The minimum atomic E-state index is -3.50. The zero-order valence-electron chi connectivity index (χ0n) is 26.3. The van der Waals surface area contributed by atoms with E-state index in [9.17, 15) is 22.8 Å². The number of hydrogen-bond donors (Lipinski definition) is 2. The van der Waals surface area contributed by atoms with Crippen molar-refractivity contribution in [2.24, 2.45) is 23.7 Å². The standard InChI is InChI=1S/C32H43N5O7S/c1-19-27(43-4)13-12-23-28(19)34-18-35-31(23)44-21-16-25(29(38)33-2)26(17-21)32(40)37(3)14-8-6-5-7-9-20-15-24(20)30(39)36-45(41,42)22-10-11-22/h7,9,12-13,18,20-22,24-26H,5-6,8,10-11,14-17H2,1-4H3,(H,33,38)(H,36,39)/b9-7-/t20-,21-,24?,25-,26?/m1/s1. The van der Waals surface area contributed by atoms with Gasteiger partial charge in [-0.2, -0.15) is 0 Å². The molecular formula is C32H43N5O7S. The van der Waals surface area contributed by atoms with Crippen molar-refractivity contribution in [3.8, 4) is 11.6 Å². The number of carbonyl (C=O) groups excluding carboxylic acids is 3. The average Bonchev–Trinajstić information content (AvgIpc) is 3.96. The van der Waals surface area contributed by atoms with E-state index in [2.05, 4.69) is 20.0 Å². The number of ether oxygens (including phenoxy) is 2. The van der Waals surface area contributed by atoms with E-state index < -0.39 is 33.0 Å². The van der Waals surface area contributed by atoms with E-state index in [1.54, 1.807) is 26.1 Å². The summed E-state index contributed by atoms with van der Waals surface area (Å²) in [4.78, 5) is 49.0. The summed E-state index contributed by atoms with van der Waals surface area (Å²) < 4.78 is 37.9. The van der Waals surface area contributed by atoms with Gasteiger partial charge < -0.3 is 19.7 Å². The molecule has 1 heterocycles. The van der Waals surface area contributed by atoms with Gasteiger partial charge in [0.25, 0.3) is 0 Å². The second-order valence-electron chi connectivity index (χ2n) is 12.4. The van der Waals surface area contributed by atoms with Gasteiger partial charge in [0.2, 0.25) is 33.6 Å². The Morgan fingerprint density at radius 2 is 1.80 bits per heavy atom. The van der Waals surface area contributed by atoms with Gasteiger partial charge in [-0.15, -0.1) is 0 Å². The Bertz CT molecular complexity index is 1580. The molecule has 1 aromatic heterocycles. The molecule has 3 aliphatic carbocycles. The van der Waals surface area contributed by atoms with Crippen molar-refractivity contribution in [2.45, 2.75) is 69.6 Å². The van der Waals surface area contributed by atoms with Crippen LogP contribution in [0.5, 0.6) is 11.6 Å². The van der Waals surface area contributed by atoms with Crippen LogP contribution in [-0.4, -0.2) is 80.1 Å². The molecule has 2 N–H and O–H groups in total. The molecule has 45 heavy (non-hydrogen) atoms. The number of amides is 3. The molecule has 1 aromatic carbocycles. The van der Waals surface area contributed by atoms with E-state index in [0.29, 0.717) is 44.5 Å². The van der Waals surface area contributed by atoms with Gasteiger partial charge in [0.1, 0.15) is 18.2 Å². The highest BCUT2D eigenvalue weighted by Gasteiger charge is 2.46. The average molecular weight is 642 g/mol. The van der Waals surface area contributed by atoms with Gasteiger partial charge in [0.15, 0.2) is 0 Å². The van der Waals surface area contributed by atoms with E-state index in [0.717, 1.165) is 41.5 Å². The van der Waals surface area contributed by atoms with Crippen LogP contribution in [-0.2, 0) is 24.4 Å². The number of methoxy groups -OCH3 is 1. The number of fused-ring (bicyclic) bond motifs is 1. The maximum absolute atomic E-state index is 13.5. The molecule has 0 radical (unpaired) electrons. The SMILES string of the molecule is CNC(=O)[C@@H]1C[C@@H](Oc2ncnc3c(C)c(OC)ccc23)CC1C(=O)N(C)CCCC/C=C\[C@@H]1CC1C(=O)NS(=O)(=O)C1CC1. The first-order valence-corrected chi connectivity index (χ1v) is 17.2. The van der Waals surface area contributed by atoms with Gasteiger partial charge in [-0.1, -0.05) is 12.2 Å². The fourth-order valence-electron chi connectivity index (χ4n) is 6.22. The second-order valence-corrected chi connectivity index (χ2v) is 14.4. The van der Waals surface area contributed by atoms with Crippen LogP contribution in [0.2, 0.25) is 0 Å². The zero-order chi connectivity index (χ0) is 32.3. The number of benzene rings is 1. The van der Waals surface area contributed by atoms with Gasteiger partial charge >= 0.3 is 0 Å². The highest BCUT2D eigenvalue weighted by atomic mass is 32.2. The van der Waals surface area contributed by atoms with Crippen LogP contribution >= 0.6 is 0 Å². The molecule has 3 fully saturated rings. The first-order valence-electron chi connectivity index (χ1n) is 15.7. The van der Waals surface area contributed by atoms with Crippen LogP contribution in [0, 0.1) is 30.6 Å². The molecular weight excluding hydrogens is 598 g/mol. The van der Waals surface area contributed by atoms with Crippen molar-refractivity contribution in [3.05, 3.63) is 36.2 Å². The smallest absolute Gasteiger partial charge is 0.237 e. The first-order chi connectivity index (χ1) is 21.5. The zero-order valence-corrected chi connectivity index (χ0v) is 27.1. The van der Waals surface area contributed by atoms with Crippen molar-refractivity contribution in [3.63, 3.8) is 0 Å². The van der Waals surface area contributed by atoms with Crippen molar-refractivity contribution < 1.29 is 32.3 Å². The molecule has 3 amide bonds. The predicted octanol–water partition coefficient (Wildman–Crippen LogP) is 2.90. The number of allylic oxidation sites excluding steroid dienone is 2. The summed E-state index contributed by atoms with van der Waals surface area (Å²) in [5, 5.41) is 3.05. The molecule has 0 spiro atoms. The molecule has 13 heteroatoms. The lowest BCUT2D eigenvalue weighted by atomic mass is 9.94. The molecule has 0 aliphatic heterocycles. The molecule has 244 valence electrons. The summed E-state index contributed by atoms with van der Waals surface area (Å²) in [6, 6.07) is 3.70. The number of aryl methyl sites for hydroxylation is 1. The van der Waals surface area contributed by atoms with E-state index in [4.69, 9.17) is 9.47 Å². The summed E-state index contributed by atoms with van der Waals surface area (Å²) in [5.41, 5.74) is 1.60. The molecule has 2 aromatic rings. The molecule has 2 unspecified atom stereocenters. The van der Waals surface area contributed by atoms with E-state index in [1.807, 2.05) is 31.2 Å². The Kier molecular flexibility index (Phi) is 9.95. The minimum absolute atomic E-state index is 0.0775. The summed E-state index contributed by atoms with van der Waals surface area (Å²) in [6.07, 6.45) is 10.3. The topological polar surface area (TPSA) is 157 Å². The van der Waals surface area contributed by atoms with E-state index in [1.165, 1.54) is 6.33 Å². The summed E-state index contributed by atoms with van der Waals surface area (Å²) in [6.45, 7) is 2.48. The van der Waals surface area contributed by atoms with Crippen molar-refractivity contribution in [1.82, 2.24) is 24.9 Å². The monoisotopic (exact) mass is 641 g/mol. The fraction of sp³-hybridized carbons (Fsp3) is 0.594. The van der Waals surface area contributed by atoms with E-state index in [-0.39, 0.29) is 29.8 Å². The Morgan fingerprint density at radius 1 is 1.04 bits per heavy atom. The van der Waals surface area contributed by atoms with Crippen LogP contribution in [0.3, 0.4) is 0 Å². The number of hydrogen-bond acceptors (Lipinski definition) is 9. The van der Waals surface area contributed by atoms with E-state index >= 15 is 0 Å². The maximum atomic E-state index is 13.5. The Hall–Kier alpha value is -3.74. The number of carbonyl (C=O) groups is 3. The summed E-state index contributed by atoms with van der Waals surface area (Å²) in [5.74, 6) is -0.713. The number of nitrogens with zero attached hydrogens (tertiary/aromatic N) is 3. The highest BCUT2D eigenvalue weighted by Crippen LogP contribution is 2.41. The molecule has 5 rings (SSSR count). The molecule has 0 bridgehead atoms. The quantitative estimate of drug-likeness (QED) is 0.234. The van der Waals surface area contributed by atoms with Crippen molar-refractivity contribution in [2.75, 3.05) is 27.7 Å². The Labute approximate surface area is 264 Å². The van der Waals surface area contributed by atoms with Gasteiger partial charge in [-0.25, -0.2) is 18.4 Å². The maximum Gasteiger partial charge on any atom is 0.237 e. The van der Waals surface area contributed by atoms with Crippen molar-refractivity contribution in [1.29, 1.82) is 0 Å². The molecule has 12 nitrogen and oxygen atoms in total. The minimum Gasteiger partial charge on any atom is -0.496 e. The van der Waals surface area contributed by atoms with Gasteiger partial charge in [-0.05, 0) is 76.3 Å². The summed E-state index contributed by atoms with van der Waals surface area (Å²) in [7, 11) is 1.45. The lowest BCUT2D eigenvalue weighted by molar-refractivity contribution is -0.139. The van der Waals surface area contributed by atoms with Gasteiger partial charge in [-0.3, -0.25) is 19.1 Å². The van der Waals surface area contributed by atoms with Crippen LogP contribution in [0.4, 0.5) is 0 Å². The summed E-state index contributed by atoms with van der Waals surface area (Å²) >= 11 is 0. The van der Waals surface area contributed by atoms with Crippen molar-refractivity contribution >= 4 is 38.6 Å². The molecule has 5 atom stereocenters. The molecule has 0 saturated heterocycles. The third kappa shape index (κ3) is 7.57.